The highest BCUT2D eigenvalue weighted by Gasteiger charge is 2.50. The van der Waals surface area contributed by atoms with E-state index in [1.54, 1.807) is 18.4 Å². The number of imidazole rings is 1. The van der Waals surface area contributed by atoms with Gasteiger partial charge in [-0.2, -0.15) is 0 Å². The number of H-pyrrole nitrogens is 1. The Kier molecular flexibility index (Phi) is 3.12. The molecule has 0 amide bonds. The molecule has 114 valence electrons. The Labute approximate surface area is 120 Å². The number of hydrogen-bond acceptors (Lipinski definition) is 6. The number of aromatic nitrogens is 4. The Bertz CT molecular complexity index is 739. The minimum absolute atomic E-state index is 0.225. The van der Waals surface area contributed by atoms with Crippen molar-refractivity contribution in [2.45, 2.75) is 38.7 Å². The summed E-state index contributed by atoms with van der Waals surface area (Å²) in [4.78, 5) is 22.8. The van der Waals surface area contributed by atoms with Crippen LogP contribution in [0.3, 0.4) is 0 Å². The molecule has 1 aliphatic rings. The lowest BCUT2D eigenvalue weighted by atomic mass is 9.93. The zero-order valence-corrected chi connectivity index (χ0v) is 12.1. The largest absolute Gasteiger partial charge is 0.393 e. The van der Waals surface area contributed by atoms with Crippen LogP contribution in [0.1, 0.15) is 25.9 Å². The second-order valence-electron chi connectivity index (χ2n) is 5.76. The van der Waals surface area contributed by atoms with Crippen LogP contribution in [0.4, 0.5) is 0 Å². The van der Waals surface area contributed by atoms with Crippen molar-refractivity contribution in [3.63, 3.8) is 0 Å². The molecule has 8 nitrogen and oxygen atoms in total. The monoisotopic (exact) mass is 294 g/mol. The smallest absolute Gasteiger partial charge is 0.279 e. The molecule has 2 aromatic rings. The van der Waals surface area contributed by atoms with Gasteiger partial charge in [0, 0.05) is 5.92 Å². The maximum absolute atomic E-state index is 11.9. The Morgan fingerprint density at radius 2 is 2.29 bits per heavy atom. The Morgan fingerprint density at radius 1 is 1.57 bits per heavy atom. The third kappa shape index (κ3) is 1.98. The van der Waals surface area contributed by atoms with Gasteiger partial charge in [-0.3, -0.25) is 9.36 Å². The molecule has 0 bridgehead atoms. The van der Waals surface area contributed by atoms with Crippen LogP contribution in [-0.2, 0) is 4.74 Å². The standard InChI is InChI=1S/C13H18N4O4/c1-6-9(19)13(3,4-18)21-12(6)17-5-14-8-10(17)15-7(2)16-11(8)20/h5-6,9,12,18-19H,4H2,1-3H3,(H,15,16,20)/t6-,9-,12+,13+/m0/s1. The number of nitrogens with zero attached hydrogens (tertiary/aromatic N) is 3. The summed E-state index contributed by atoms with van der Waals surface area (Å²) in [6.07, 6.45) is 0.104. The summed E-state index contributed by atoms with van der Waals surface area (Å²) in [7, 11) is 0. The highest BCUT2D eigenvalue weighted by Crippen LogP contribution is 2.41. The Hall–Kier alpha value is -1.77. The Balaban J connectivity index is 2.12. The van der Waals surface area contributed by atoms with Gasteiger partial charge in [0.15, 0.2) is 11.2 Å². The second-order valence-corrected chi connectivity index (χ2v) is 5.76. The van der Waals surface area contributed by atoms with Gasteiger partial charge in [-0.25, -0.2) is 9.97 Å². The molecule has 1 fully saturated rings. The quantitative estimate of drug-likeness (QED) is 0.701. The van der Waals surface area contributed by atoms with Gasteiger partial charge in [0.05, 0.1) is 19.0 Å². The van der Waals surface area contributed by atoms with Crippen LogP contribution < -0.4 is 5.56 Å². The first-order valence-electron chi connectivity index (χ1n) is 6.77. The summed E-state index contributed by atoms with van der Waals surface area (Å²) in [6.45, 7) is 4.86. The van der Waals surface area contributed by atoms with Gasteiger partial charge in [-0.05, 0) is 13.8 Å². The summed E-state index contributed by atoms with van der Waals surface area (Å²) >= 11 is 0. The van der Waals surface area contributed by atoms with Crippen molar-refractivity contribution in [1.82, 2.24) is 19.5 Å². The van der Waals surface area contributed by atoms with Gasteiger partial charge in [-0.1, -0.05) is 6.92 Å². The maximum atomic E-state index is 11.9. The molecule has 0 saturated carbocycles. The van der Waals surface area contributed by atoms with Crippen LogP contribution in [-0.4, -0.2) is 48.0 Å². The van der Waals surface area contributed by atoms with Crippen molar-refractivity contribution in [1.29, 1.82) is 0 Å². The van der Waals surface area contributed by atoms with Crippen LogP contribution in [0.15, 0.2) is 11.1 Å². The number of hydrogen-bond donors (Lipinski definition) is 3. The lowest BCUT2D eigenvalue weighted by Gasteiger charge is -2.25. The summed E-state index contributed by atoms with van der Waals surface area (Å²) in [5, 5.41) is 19.7. The third-order valence-electron chi connectivity index (χ3n) is 4.10. The summed E-state index contributed by atoms with van der Waals surface area (Å²) < 4.78 is 7.46. The van der Waals surface area contributed by atoms with Crippen molar-refractivity contribution >= 4 is 11.2 Å². The van der Waals surface area contributed by atoms with E-state index in [1.165, 1.54) is 6.33 Å². The summed E-state index contributed by atoms with van der Waals surface area (Å²) in [6, 6.07) is 0. The van der Waals surface area contributed by atoms with E-state index in [2.05, 4.69) is 15.0 Å². The molecule has 3 N–H and O–H groups in total. The average molecular weight is 294 g/mol. The second kappa shape index (κ2) is 4.62. The average Bonchev–Trinajstić information content (AvgIpc) is 2.95. The zero-order chi connectivity index (χ0) is 15.4. The number of aryl methyl sites for hydroxylation is 1. The molecule has 0 aliphatic carbocycles. The van der Waals surface area contributed by atoms with Crippen LogP contribution >= 0.6 is 0 Å². The molecule has 3 heterocycles. The van der Waals surface area contributed by atoms with E-state index >= 15 is 0 Å². The predicted octanol–water partition coefficient (Wildman–Crippen LogP) is -0.295. The lowest BCUT2D eigenvalue weighted by Crippen LogP contribution is -2.41. The number of aliphatic hydroxyl groups excluding tert-OH is 2. The van der Waals surface area contributed by atoms with E-state index in [4.69, 9.17) is 4.74 Å². The van der Waals surface area contributed by atoms with Crippen molar-refractivity contribution in [3.05, 3.63) is 22.5 Å². The molecule has 0 aromatic carbocycles. The lowest BCUT2D eigenvalue weighted by molar-refractivity contribution is -0.115. The molecule has 21 heavy (non-hydrogen) atoms. The molecular formula is C13H18N4O4. The van der Waals surface area contributed by atoms with Crippen molar-refractivity contribution in [3.8, 4) is 0 Å². The number of ether oxygens (including phenoxy) is 1. The van der Waals surface area contributed by atoms with Gasteiger partial charge in [-0.15, -0.1) is 0 Å². The molecule has 0 unspecified atom stereocenters. The molecule has 2 aromatic heterocycles. The number of rotatable bonds is 2. The molecule has 8 heteroatoms. The molecule has 3 rings (SSSR count). The Morgan fingerprint density at radius 3 is 2.90 bits per heavy atom. The summed E-state index contributed by atoms with van der Waals surface area (Å²) in [5.41, 5.74) is -0.727. The molecule has 4 atom stereocenters. The van der Waals surface area contributed by atoms with Crippen LogP contribution in [0.2, 0.25) is 0 Å². The first-order chi connectivity index (χ1) is 9.87. The topological polar surface area (TPSA) is 113 Å². The third-order valence-corrected chi connectivity index (χ3v) is 4.10. The fourth-order valence-corrected chi connectivity index (χ4v) is 2.83. The van der Waals surface area contributed by atoms with Gasteiger partial charge in [0.2, 0.25) is 0 Å². The van der Waals surface area contributed by atoms with Gasteiger partial charge < -0.3 is 19.9 Å². The van der Waals surface area contributed by atoms with Crippen molar-refractivity contribution in [2.75, 3.05) is 6.61 Å². The van der Waals surface area contributed by atoms with Crippen molar-refractivity contribution in [2.24, 2.45) is 5.92 Å². The number of aliphatic hydroxyl groups is 2. The van der Waals surface area contributed by atoms with E-state index < -0.39 is 17.9 Å². The van der Waals surface area contributed by atoms with E-state index in [-0.39, 0.29) is 23.6 Å². The highest BCUT2D eigenvalue weighted by atomic mass is 16.6. The minimum Gasteiger partial charge on any atom is -0.393 e. The van der Waals surface area contributed by atoms with E-state index in [0.29, 0.717) is 11.5 Å². The van der Waals surface area contributed by atoms with Crippen LogP contribution in [0.5, 0.6) is 0 Å². The summed E-state index contributed by atoms with van der Waals surface area (Å²) in [5.74, 6) is 0.200. The normalized spacial score (nSPS) is 32.9. The maximum Gasteiger partial charge on any atom is 0.279 e. The zero-order valence-electron chi connectivity index (χ0n) is 12.1. The number of fused-ring (bicyclic) bond motifs is 1. The first-order valence-corrected chi connectivity index (χ1v) is 6.77. The molecular weight excluding hydrogens is 276 g/mol. The SMILES string of the molecule is Cc1nc2c(ncn2[C@@H]2O[C@](C)(CO)[C@@H](O)[C@@H]2C)c(=O)[nH]1. The van der Waals surface area contributed by atoms with Crippen molar-refractivity contribution < 1.29 is 14.9 Å². The molecule has 1 saturated heterocycles. The van der Waals surface area contributed by atoms with Gasteiger partial charge >= 0.3 is 0 Å². The van der Waals surface area contributed by atoms with Gasteiger partial charge in [0.25, 0.3) is 5.56 Å². The number of aromatic amines is 1. The van der Waals surface area contributed by atoms with E-state index in [1.807, 2.05) is 6.92 Å². The fourth-order valence-electron chi connectivity index (χ4n) is 2.83. The molecule has 0 spiro atoms. The van der Waals surface area contributed by atoms with Crippen LogP contribution in [0, 0.1) is 12.8 Å². The van der Waals surface area contributed by atoms with E-state index in [9.17, 15) is 15.0 Å². The predicted molar refractivity (Wildman–Crippen MR) is 73.7 cm³/mol. The first kappa shape index (κ1) is 14.2. The molecule has 0 radical (unpaired) electrons. The molecule has 1 aliphatic heterocycles. The fraction of sp³-hybridized carbons (Fsp3) is 0.615. The highest BCUT2D eigenvalue weighted by molar-refractivity contribution is 5.69. The van der Waals surface area contributed by atoms with Crippen LogP contribution in [0.25, 0.3) is 11.2 Å². The number of nitrogens with one attached hydrogen (secondary N) is 1. The van der Waals surface area contributed by atoms with E-state index in [0.717, 1.165) is 0 Å². The van der Waals surface area contributed by atoms with Gasteiger partial charge in [0.1, 0.15) is 17.7 Å². The minimum atomic E-state index is -1.04.